The van der Waals surface area contributed by atoms with E-state index in [1.54, 1.807) is 35.2 Å². The van der Waals surface area contributed by atoms with Gasteiger partial charge in [-0.1, -0.05) is 24.3 Å². The van der Waals surface area contributed by atoms with Crippen LogP contribution >= 0.6 is 0 Å². The quantitative estimate of drug-likeness (QED) is 0.399. The number of benzene rings is 3. The topological polar surface area (TPSA) is 92.6 Å². The molecule has 0 bridgehead atoms. The highest BCUT2D eigenvalue weighted by Gasteiger charge is 2.29. The van der Waals surface area contributed by atoms with Crippen LogP contribution in [0.25, 0.3) is 16.8 Å². The maximum Gasteiger partial charge on any atom is 0.270 e. The summed E-state index contributed by atoms with van der Waals surface area (Å²) in [5.74, 6) is -0.406. The van der Waals surface area contributed by atoms with Crippen molar-refractivity contribution >= 4 is 45.7 Å². The van der Waals surface area contributed by atoms with Gasteiger partial charge >= 0.3 is 0 Å². The molecule has 1 N–H and O–H groups in total. The van der Waals surface area contributed by atoms with Crippen molar-refractivity contribution in [2.45, 2.75) is 6.92 Å². The highest BCUT2D eigenvalue weighted by molar-refractivity contribution is 6.27. The molecule has 0 aliphatic carbocycles. The van der Waals surface area contributed by atoms with Crippen LogP contribution in [0.15, 0.2) is 60.7 Å². The van der Waals surface area contributed by atoms with Crippen molar-refractivity contribution in [1.82, 2.24) is 0 Å². The van der Waals surface area contributed by atoms with Gasteiger partial charge in [-0.25, -0.2) is 0 Å². The molecule has 1 heterocycles. The van der Waals surface area contributed by atoms with E-state index in [1.807, 2.05) is 19.1 Å². The van der Waals surface area contributed by atoms with E-state index in [0.717, 1.165) is 16.5 Å². The molecular formula is C22H17N3O4. The number of amides is 2. The number of anilines is 2. The van der Waals surface area contributed by atoms with Crippen molar-refractivity contribution in [2.24, 2.45) is 0 Å². The molecule has 0 saturated heterocycles. The van der Waals surface area contributed by atoms with Gasteiger partial charge in [-0.15, -0.1) is 0 Å². The molecule has 7 heteroatoms. The van der Waals surface area contributed by atoms with E-state index in [1.165, 1.54) is 24.3 Å². The fourth-order valence-corrected chi connectivity index (χ4v) is 3.56. The van der Waals surface area contributed by atoms with E-state index in [2.05, 4.69) is 5.32 Å². The zero-order valence-electron chi connectivity index (χ0n) is 15.6. The van der Waals surface area contributed by atoms with Crippen molar-refractivity contribution in [3.63, 3.8) is 0 Å². The van der Waals surface area contributed by atoms with Crippen LogP contribution < -0.4 is 10.2 Å². The minimum absolute atomic E-state index is 0.0368. The predicted octanol–water partition coefficient (Wildman–Crippen LogP) is 4.38. The molecule has 0 spiro atoms. The molecule has 0 radical (unpaired) electrons. The van der Waals surface area contributed by atoms with Gasteiger partial charge in [0.05, 0.1) is 10.6 Å². The molecule has 0 fully saturated rings. The fourth-order valence-electron chi connectivity index (χ4n) is 3.56. The molecule has 144 valence electrons. The Morgan fingerprint density at radius 2 is 1.97 bits per heavy atom. The van der Waals surface area contributed by atoms with E-state index >= 15 is 0 Å². The Bertz CT molecular complexity index is 1200. The minimum Gasteiger partial charge on any atom is -0.322 e. The number of carbonyl (C=O) groups excluding carboxylic acids is 2. The number of nitro groups is 1. The van der Waals surface area contributed by atoms with Crippen molar-refractivity contribution in [3.8, 4) is 0 Å². The molecule has 3 aromatic carbocycles. The standard InChI is InChI=1S/C22H17N3O4/c1-2-24-19-11-10-18(16-7-4-8-17(21(16)19)22(24)27)23-20(26)12-9-14-5-3-6-15(13-14)25(28)29/h3-13H,2H2,1H3,(H,23,26). The first-order valence-electron chi connectivity index (χ1n) is 9.10. The molecule has 0 saturated carbocycles. The Labute approximate surface area is 166 Å². The number of hydrogen-bond donors (Lipinski definition) is 1. The van der Waals surface area contributed by atoms with Gasteiger partial charge in [0.25, 0.3) is 11.6 Å². The van der Waals surface area contributed by atoms with Crippen LogP contribution in [-0.4, -0.2) is 23.3 Å². The van der Waals surface area contributed by atoms with Gasteiger partial charge in [-0.05, 0) is 36.8 Å². The monoisotopic (exact) mass is 387 g/mol. The van der Waals surface area contributed by atoms with Gasteiger partial charge in [0, 0.05) is 46.8 Å². The zero-order valence-corrected chi connectivity index (χ0v) is 15.6. The molecule has 3 aromatic rings. The Kier molecular flexibility index (Phi) is 4.56. The number of nitrogens with zero attached hydrogens (tertiary/aromatic N) is 2. The average Bonchev–Trinajstić information content (AvgIpc) is 3.01. The van der Waals surface area contributed by atoms with Crippen LogP contribution in [0.3, 0.4) is 0 Å². The first-order chi connectivity index (χ1) is 14.0. The molecule has 1 aliphatic heterocycles. The SMILES string of the molecule is CCN1C(=O)c2cccc3c(NC(=O)C=Cc4cccc([N+](=O)[O-])c4)ccc1c23. The lowest BCUT2D eigenvalue weighted by Gasteiger charge is -2.15. The maximum absolute atomic E-state index is 12.6. The second kappa shape index (κ2) is 7.20. The van der Waals surface area contributed by atoms with Crippen LogP contribution in [0, 0.1) is 10.1 Å². The Morgan fingerprint density at radius 3 is 2.72 bits per heavy atom. The predicted molar refractivity (Wildman–Crippen MR) is 112 cm³/mol. The van der Waals surface area contributed by atoms with Crippen molar-refractivity contribution in [3.05, 3.63) is 81.9 Å². The molecule has 4 rings (SSSR count). The molecule has 0 aromatic heterocycles. The number of nitrogens with one attached hydrogen (secondary N) is 1. The lowest BCUT2D eigenvalue weighted by atomic mass is 10.0. The Morgan fingerprint density at radius 1 is 1.17 bits per heavy atom. The van der Waals surface area contributed by atoms with Gasteiger partial charge in [-0.2, -0.15) is 0 Å². The highest BCUT2D eigenvalue weighted by Crippen LogP contribution is 2.40. The summed E-state index contributed by atoms with van der Waals surface area (Å²) >= 11 is 0. The highest BCUT2D eigenvalue weighted by atomic mass is 16.6. The normalized spacial score (nSPS) is 12.7. The van der Waals surface area contributed by atoms with E-state index < -0.39 is 4.92 Å². The molecule has 29 heavy (non-hydrogen) atoms. The summed E-state index contributed by atoms with van der Waals surface area (Å²) < 4.78 is 0. The fraction of sp³-hybridized carbons (Fsp3) is 0.0909. The summed E-state index contributed by atoms with van der Waals surface area (Å²) in [6.07, 6.45) is 2.84. The summed E-state index contributed by atoms with van der Waals surface area (Å²) in [6.45, 7) is 2.49. The average molecular weight is 387 g/mol. The molecule has 1 aliphatic rings. The summed E-state index contributed by atoms with van der Waals surface area (Å²) in [7, 11) is 0. The van der Waals surface area contributed by atoms with Gasteiger partial charge in [0.2, 0.25) is 5.91 Å². The maximum atomic E-state index is 12.6. The first kappa shape index (κ1) is 18.4. The zero-order chi connectivity index (χ0) is 20.5. The molecule has 0 unspecified atom stereocenters. The number of nitro benzene ring substituents is 1. The number of non-ortho nitro benzene ring substituents is 1. The van der Waals surface area contributed by atoms with E-state index in [4.69, 9.17) is 0 Å². The third kappa shape index (κ3) is 3.23. The third-order valence-corrected chi connectivity index (χ3v) is 4.87. The number of rotatable bonds is 5. The molecule has 0 atom stereocenters. The van der Waals surface area contributed by atoms with Gasteiger partial charge in [-0.3, -0.25) is 19.7 Å². The summed E-state index contributed by atoms with van der Waals surface area (Å²) in [6, 6.07) is 15.1. The van der Waals surface area contributed by atoms with Crippen LogP contribution in [-0.2, 0) is 4.79 Å². The van der Waals surface area contributed by atoms with E-state index in [0.29, 0.717) is 23.4 Å². The minimum atomic E-state index is -0.481. The van der Waals surface area contributed by atoms with E-state index in [9.17, 15) is 19.7 Å². The van der Waals surface area contributed by atoms with Gasteiger partial charge < -0.3 is 10.2 Å². The smallest absolute Gasteiger partial charge is 0.270 e. The lowest BCUT2D eigenvalue weighted by molar-refractivity contribution is -0.384. The van der Waals surface area contributed by atoms with Crippen LogP contribution in [0.4, 0.5) is 17.1 Å². The molecule has 7 nitrogen and oxygen atoms in total. The van der Waals surface area contributed by atoms with Crippen LogP contribution in [0.1, 0.15) is 22.8 Å². The molecular weight excluding hydrogens is 370 g/mol. The second-order valence-corrected chi connectivity index (χ2v) is 6.58. The van der Waals surface area contributed by atoms with Crippen LogP contribution in [0.5, 0.6) is 0 Å². The van der Waals surface area contributed by atoms with Crippen molar-refractivity contribution in [1.29, 1.82) is 0 Å². The van der Waals surface area contributed by atoms with Crippen molar-refractivity contribution in [2.75, 3.05) is 16.8 Å². The van der Waals surface area contributed by atoms with E-state index in [-0.39, 0.29) is 17.5 Å². The van der Waals surface area contributed by atoms with Crippen LogP contribution in [0.2, 0.25) is 0 Å². The first-order valence-corrected chi connectivity index (χ1v) is 9.10. The second-order valence-electron chi connectivity index (χ2n) is 6.58. The Hall–Kier alpha value is -4.00. The van der Waals surface area contributed by atoms with Crippen molar-refractivity contribution < 1.29 is 14.5 Å². The van der Waals surface area contributed by atoms with Gasteiger partial charge in [0.15, 0.2) is 0 Å². The lowest BCUT2D eigenvalue weighted by Crippen LogP contribution is -2.25. The molecule has 2 amide bonds. The number of carbonyl (C=O) groups is 2. The summed E-state index contributed by atoms with van der Waals surface area (Å²) in [5.41, 5.74) is 2.59. The van der Waals surface area contributed by atoms with Gasteiger partial charge in [0.1, 0.15) is 0 Å². The summed E-state index contributed by atoms with van der Waals surface area (Å²) in [4.78, 5) is 37.1. The third-order valence-electron chi connectivity index (χ3n) is 4.87. The Balaban J connectivity index is 1.62. The number of hydrogen-bond acceptors (Lipinski definition) is 4. The summed E-state index contributed by atoms with van der Waals surface area (Å²) in [5, 5.41) is 15.3. The largest absolute Gasteiger partial charge is 0.322 e.